The second-order valence-electron chi connectivity index (χ2n) is 5.82. The summed E-state index contributed by atoms with van der Waals surface area (Å²) in [7, 11) is 0. The van der Waals surface area contributed by atoms with E-state index in [0.717, 1.165) is 21.4 Å². The van der Waals surface area contributed by atoms with E-state index < -0.39 is 13.0 Å². The van der Waals surface area contributed by atoms with Crippen LogP contribution >= 0.6 is 0 Å². The van der Waals surface area contributed by atoms with Gasteiger partial charge in [0.15, 0.2) is 0 Å². The van der Waals surface area contributed by atoms with Crippen LogP contribution in [0, 0.1) is 18.8 Å². The highest BCUT2D eigenvalue weighted by Crippen LogP contribution is 2.14. The smallest absolute Gasteiger partial charge is 0.257 e. The van der Waals surface area contributed by atoms with Gasteiger partial charge in [-0.05, 0) is 36.8 Å². The Morgan fingerprint density at radius 2 is 2.11 bits per heavy atom. The molecule has 0 bridgehead atoms. The fourth-order valence-electron chi connectivity index (χ4n) is 2.35. The quantitative estimate of drug-likeness (QED) is 0.719. The first kappa shape index (κ1) is 18.3. The molecule has 1 aromatic carbocycles. The van der Waals surface area contributed by atoms with Crippen molar-refractivity contribution in [3.63, 3.8) is 0 Å². The summed E-state index contributed by atoms with van der Waals surface area (Å²) in [6, 6.07) is 8.83. The number of hydrogen-bond acceptors (Lipinski definition) is 3. The predicted molar refractivity (Wildman–Crippen MR) is 97.6 cm³/mol. The number of rotatable bonds is 4. The van der Waals surface area contributed by atoms with Crippen LogP contribution in [0.5, 0.6) is 0 Å². The van der Waals surface area contributed by atoms with Crippen LogP contribution in [0.25, 0.3) is 0 Å². The first-order valence-corrected chi connectivity index (χ1v) is 8.16. The van der Waals surface area contributed by atoms with Crippen LogP contribution in [0.15, 0.2) is 55.1 Å². The predicted octanol–water partition coefficient (Wildman–Crippen LogP) is 3.50. The molecule has 0 spiro atoms. The fraction of sp³-hybridized carbons (Fsp3) is 0.150. The summed E-state index contributed by atoms with van der Waals surface area (Å²) >= 11 is 0. The Kier molecular flexibility index (Phi) is 5.57. The van der Waals surface area contributed by atoms with Gasteiger partial charge in [0.1, 0.15) is 6.54 Å². The first-order chi connectivity index (χ1) is 13.0. The van der Waals surface area contributed by atoms with E-state index in [9.17, 15) is 13.6 Å². The van der Waals surface area contributed by atoms with E-state index in [1.807, 2.05) is 19.1 Å². The van der Waals surface area contributed by atoms with Crippen LogP contribution in [-0.4, -0.2) is 27.1 Å². The molecule has 2 aromatic heterocycles. The molecule has 136 valence electrons. The third-order valence-electron chi connectivity index (χ3n) is 3.72. The minimum Gasteiger partial charge on any atom is -0.319 e. The Balaban J connectivity index is 1.76. The normalized spacial score (nSPS) is 10.4. The van der Waals surface area contributed by atoms with Gasteiger partial charge in [0, 0.05) is 35.3 Å². The average molecular weight is 366 g/mol. The summed E-state index contributed by atoms with van der Waals surface area (Å²) < 4.78 is 25.8. The molecule has 0 saturated heterocycles. The van der Waals surface area contributed by atoms with Gasteiger partial charge in [0.05, 0.1) is 11.9 Å². The number of alkyl halides is 2. The van der Waals surface area contributed by atoms with Crippen molar-refractivity contribution < 1.29 is 13.6 Å². The van der Waals surface area contributed by atoms with Crippen LogP contribution in [0.1, 0.15) is 27.0 Å². The Morgan fingerprint density at radius 3 is 2.85 bits per heavy atom. The molecule has 0 fully saturated rings. The number of hydrogen-bond donors (Lipinski definition) is 1. The van der Waals surface area contributed by atoms with E-state index in [0.29, 0.717) is 11.3 Å². The number of aryl methyl sites for hydroxylation is 1. The van der Waals surface area contributed by atoms with Gasteiger partial charge >= 0.3 is 0 Å². The lowest BCUT2D eigenvalue weighted by molar-refractivity contribution is 0.102. The van der Waals surface area contributed by atoms with Gasteiger partial charge in [-0.15, -0.1) is 0 Å². The maximum absolute atomic E-state index is 12.4. The maximum Gasteiger partial charge on any atom is 0.257 e. The van der Waals surface area contributed by atoms with Crippen LogP contribution in [0.3, 0.4) is 0 Å². The van der Waals surface area contributed by atoms with Gasteiger partial charge < -0.3 is 5.32 Å². The summed E-state index contributed by atoms with van der Waals surface area (Å²) in [5.74, 6) is 5.69. The topological polar surface area (TPSA) is 59.8 Å². The molecule has 0 unspecified atom stereocenters. The van der Waals surface area contributed by atoms with E-state index in [-0.39, 0.29) is 5.91 Å². The minimum atomic E-state index is -2.51. The van der Waals surface area contributed by atoms with Crippen LogP contribution < -0.4 is 5.32 Å². The number of anilines is 1. The summed E-state index contributed by atoms with van der Waals surface area (Å²) in [6.45, 7) is 1.39. The van der Waals surface area contributed by atoms with E-state index in [4.69, 9.17) is 0 Å². The van der Waals surface area contributed by atoms with Crippen LogP contribution in [0.2, 0.25) is 0 Å². The molecular formula is C20H16F2N4O. The van der Waals surface area contributed by atoms with Crippen molar-refractivity contribution in [2.45, 2.75) is 19.9 Å². The molecule has 0 aliphatic rings. The van der Waals surface area contributed by atoms with Crippen molar-refractivity contribution in [1.29, 1.82) is 0 Å². The molecule has 0 aliphatic heterocycles. The third kappa shape index (κ3) is 4.98. The highest BCUT2D eigenvalue weighted by atomic mass is 19.3. The number of aromatic nitrogens is 3. The molecule has 27 heavy (non-hydrogen) atoms. The molecule has 1 N–H and O–H groups in total. The van der Waals surface area contributed by atoms with Gasteiger partial charge in [-0.3, -0.25) is 14.5 Å². The zero-order valence-electron chi connectivity index (χ0n) is 14.5. The van der Waals surface area contributed by atoms with Gasteiger partial charge in [0.25, 0.3) is 12.3 Å². The number of carbonyl (C=O) groups is 1. The highest BCUT2D eigenvalue weighted by molar-refractivity contribution is 6.04. The number of nitrogens with zero attached hydrogens (tertiary/aromatic N) is 3. The minimum absolute atomic E-state index is 0.351. The molecule has 3 aromatic rings. The maximum atomic E-state index is 12.4. The van der Waals surface area contributed by atoms with Gasteiger partial charge in [0.2, 0.25) is 0 Å². The Bertz CT molecular complexity index is 1000. The Labute approximate surface area is 155 Å². The van der Waals surface area contributed by atoms with Crippen LogP contribution in [-0.2, 0) is 6.54 Å². The van der Waals surface area contributed by atoms with Gasteiger partial charge in [-0.1, -0.05) is 17.9 Å². The first-order valence-electron chi connectivity index (χ1n) is 8.16. The molecule has 3 rings (SSSR count). The highest BCUT2D eigenvalue weighted by Gasteiger charge is 2.11. The second-order valence-corrected chi connectivity index (χ2v) is 5.82. The average Bonchev–Trinajstić information content (AvgIpc) is 3.07. The van der Waals surface area contributed by atoms with E-state index in [1.165, 1.54) is 12.4 Å². The lowest BCUT2D eigenvalue weighted by Crippen LogP contribution is -2.12. The Morgan fingerprint density at radius 1 is 1.26 bits per heavy atom. The molecule has 0 saturated carbocycles. The standard InChI is InChI=1S/C20H16F2N4O/c1-14-4-6-17(9-16(14)7-5-15-3-2-8-23-10-15)20(27)25-18-11-24-26(12-18)13-19(21)22/h2-4,6,8-12,19H,13H2,1H3,(H,25,27). The monoisotopic (exact) mass is 366 g/mol. The summed E-state index contributed by atoms with van der Waals surface area (Å²) in [4.78, 5) is 16.4. The van der Waals surface area contributed by atoms with Crippen molar-refractivity contribution in [2.75, 3.05) is 5.32 Å². The third-order valence-corrected chi connectivity index (χ3v) is 3.72. The van der Waals surface area contributed by atoms with Crippen molar-refractivity contribution in [2.24, 2.45) is 0 Å². The molecular weight excluding hydrogens is 350 g/mol. The molecule has 2 heterocycles. The molecule has 7 heteroatoms. The number of benzene rings is 1. The zero-order chi connectivity index (χ0) is 19.2. The second kappa shape index (κ2) is 8.23. The molecule has 1 amide bonds. The number of nitrogens with one attached hydrogen (secondary N) is 1. The number of carbonyl (C=O) groups excluding carboxylic acids is 1. The van der Waals surface area contributed by atoms with Gasteiger partial charge in [-0.25, -0.2) is 8.78 Å². The summed E-state index contributed by atoms with van der Waals surface area (Å²) in [5.41, 5.74) is 3.20. The van der Waals surface area contributed by atoms with Crippen LogP contribution in [0.4, 0.5) is 14.5 Å². The van der Waals surface area contributed by atoms with Crippen molar-refractivity contribution in [3.8, 4) is 11.8 Å². The molecule has 0 aliphatic carbocycles. The van der Waals surface area contributed by atoms with E-state index in [2.05, 4.69) is 27.2 Å². The fourth-order valence-corrected chi connectivity index (χ4v) is 2.35. The van der Waals surface area contributed by atoms with Gasteiger partial charge in [-0.2, -0.15) is 5.10 Å². The summed E-state index contributed by atoms with van der Waals surface area (Å²) in [6.07, 6.45) is 3.52. The number of halogens is 2. The lowest BCUT2D eigenvalue weighted by atomic mass is 10.0. The zero-order valence-corrected chi connectivity index (χ0v) is 14.5. The number of pyridine rings is 1. The van der Waals surface area contributed by atoms with Crippen molar-refractivity contribution >= 4 is 11.6 Å². The molecule has 5 nitrogen and oxygen atoms in total. The Hall–Kier alpha value is -3.53. The van der Waals surface area contributed by atoms with Crippen molar-refractivity contribution in [1.82, 2.24) is 14.8 Å². The molecule has 0 radical (unpaired) electrons. The number of amides is 1. The van der Waals surface area contributed by atoms with E-state index in [1.54, 1.807) is 30.6 Å². The largest absolute Gasteiger partial charge is 0.319 e. The van der Waals surface area contributed by atoms with Crippen molar-refractivity contribution in [3.05, 3.63) is 77.4 Å². The van der Waals surface area contributed by atoms with E-state index >= 15 is 0 Å². The summed E-state index contributed by atoms with van der Waals surface area (Å²) in [5, 5.41) is 6.44. The lowest BCUT2D eigenvalue weighted by Gasteiger charge is -2.05. The molecule has 0 atom stereocenters. The SMILES string of the molecule is Cc1ccc(C(=O)Nc2cnn(CC(F)F)c2)cc1C#Cc1cccnc1.